The number of benzene rings is 2. The smallest absolute Gasteiger partial charge is 0.226 e. The zero-order valence-corrected chi connectivity index (χ0v) is 17.9. The second-order valence-corrected chi connectivity index (χ2v) is 7.44. The van der Waals surface area contributed by atoms with Crippen molar-refractivity contribution >= 4 is 17.4 Å². The number of amides is 1. The number of rotatable bonds is 7. The van der Waals surface area contributed by atoms with Gasteiger partial charge in [0.1, 0.15) is 11.6 Å². The van der Waals surface area contributed by atoms with Gasteiger partial charge in [-0.3, -0.25) is 14.6 Å². The van der Waals surface area contributed by atoms with E-state index in [9.17, 15) is 19.1 Å². The van der Waals surface area contributed by atoms with Gasteiger partial charge in [-0.15, -0.1) is 0 Å². The van der Waals surface area contributed by atoms with E-state index in [0.717, 1.165) is 11.3 Å². The molecule has 1 heterocycles. The summed E-state index contributed by atoms with van der Waals surface area (Å²) in [4.78, 5) is 29.9. The topological polar surface area (TPSA) is 70.5 Å². The van der Waals surface area contributed by atoms with Crippen LogP contribution >= 0.6 is 0 Å². The molecule has 2 aromatic carbocycles. The predicted octanol–water partition coefficient (Wildman–Crippen LogP) is 5.09. The Morgan fingerprint density at radius 3 is 2.39 bits per heavy atom. The van der Waals surface area contributed by atoms with Gasteiger partial charge in [-0.05, 0) is 60.4 Å². The highest BCUT2D eigenvalue weighted by atomic mass is 19.1. The van der Waals surface area contributed by atoms with E-state index in [2.05, 4.69) is 4.98 Å². The maximum absolute atomic E-state index is 14.6. The first-order chi connectivity index (χ1) is 14.8. The first-order valence-corrected chi connectivity index (χ1v) is 10.1. The molecule has 0 spiro atoms. The molecule has 0 aliphatic rings. The minimum atomic E-state index is -0.534. The largest absolute Gasteiger partial charge is 0.507 e. The van der Waals surface area contributed by atoms with Crippen molar-refractivity contribution in [2.24, 2.45) is 0 Å². The van der Waals surface area contributed by atoms with Crippen molar-refractivity contribution in [3.05, 3.63) is 77.4 Å². The van der Waals surface area contributed by atoms with Crippen LogP contribution < -0.4 is 4.90 Å². The number of ketones is 1. The molecular formula is C25H25FN2O3. The van der Waals surface area contributed by atoms with Gasteiger partial charge in [0, 0.05) is 31.8 Å². The van der Waals surface area contributed by atoms with E-state index in [1.54, 1.807) is 31.3 Å². The average Bonchev–Trinajstić information content (AvgIpc) is 2.77. The van der Waals surface area contributed by atoms with E-state index >= 15 is 0 Å². The summed E-state index contributed by atoms with van der Waals surface area (Å²) in [6.45, 7) is 3.62. The lowest BCUT2D eigenvalue weighted by Crippen LogP contribution is -2.25. The molecule has 0 bridgehead atoms. The molecule has 1 aromatic heterocycles. The molecule has 0 unspecified atom stereocenters. The molecule has 3 aromatic rings. The third-order valence-corrected chi connectivity index (χ3v) is 5.23. The first-order valence-electron chi connectivity index (χ1n) is 10.1. The number of phenols is 1. The first kappa shape index (κ1) is 22.2. The fourth-order valence-corrected chi connectivity index (χ4v) is 3.32. The molecule has 0 aliphatic heterocycles. The number of carbonyl (C=O) groups excluding carboxylic acids is 2. The Kier molecular flexibility index (Phi) is 6.80. The molecule has 0 radical (unpaired) electrons. The van der Waals surface area contributed by atoms with Crippen LogP contribution in [0.15, 0.2) is 54.7 Å². The number of aryl methyl sites for hydroxylation is 2. The van der Waals surface area contributed by atoms with E-state index in [-0.39, 0.29) is 41.5 Å². The number of nitrogens with zero attached hydrogens (tertiary/aromatic N) is 2. The monoisotopic (exact) mass is 420 g/mol. The Balaban J connectivity index is 1.75. The number of Topliss-reactive ketones (excluding diaryl/α,β-unsaturated/α-hetero) is 1. The molecule has 0 atom stereocenters. The van der Waals surface area contributed by atoms with Crippen molar-refractivity contribution < 1.29 is 19.1 Å². The molecule has 31 heavy (non-hydrogen) atoms. The molecule has 1 N–H and O–H groups in total. The fraction of sp³-hybridized carbons (Fsp3) is 0.240. The molecule has 0 aliphatic carbocycles. The summed E-state index contributed by atoms with van der Waals surface area (Å²) in [6.07, 6.45) is 2.81. The summed E-state index contributed by atoms with van der Waals surface area (Å²) in [6, 6.07) is 13.0. The molecule has 3 rings (SSSR count). The minimum Gasteiger partial charge on any atom is -0.507 e. The highest BCUT2D eigenvalue weighted by molar-refractivity contribution is 5.99. The molecule has 5 nitrogen and oxygen atoms in total. The number of anilines is 1. The number of halogens is 1. The van der Waals surface area contributed by atoms with Crippen molar-refractivity contribution in [1.29, 1.82) is 0 Å². The zero-order chi connectivity index (χ0) is 22.5. The molecule has 0 fully saturated rings. The van der Waals surface area contributed by atoms with Gasteiger partial charge in [-0.1, -0.05) is 25.1 Å². The predicted molar refractivity (Wildman–Crippen MR) is 119 cm³/mol. The molecule has 0 saturated heterocycles. The van der Waals surface area contributed by atoms with Crippen LogP contribution in [-0.4, -0.2) is 28.8 Å². The summed E-state index contributed by atoms with van der Waals surface area (Å²) >= 11 is 0. The number of aromatic hydroxyl groups is 1. The van der Waals surface area contributed by atoms with Crippen LogP contribution in [0.5, 0.6) is 5.75 Å². The average molecular weight is 420 g/mol. The third-order valence-electron chi connectivity index (χ3n) is 5.23. The summed E-state index contributed by atoms with van der Waals surface area (Å²) in [5.74, 6) is -1.04. The van der Waals surface area contributed by atoms with Crippen molar-refractivity contribution in [2.45, 2.75) is 33.1 Å². The van der Waals surface area contributed by atoms with Crippen molar-refractivity contribution in [2.75, 3.05) is 11.9 Å². The Hall–Kier alpha value is -3.54. The summed E-state index contributed by atoms with van der Waals surface area (Å²) in [5, 5.41) is 10.4. The van der Waals surface area contributed by atoms with Gasteiger partial charge in [-0.2, -0.15) is 0 Å². The van der Waals surface area contributed by atoms with Gasteiger partial charge < -0.3 is 10.0 Å². The zero-order valence-electron chi connectivity index (χ0n) is 17.9. The van der Waals surface area contributed by atoms with Crippen LogP contribution in [0.2, 0.25) is 0 Å². The lowest BCUT2D eigenvalue weighted by molar-refractivity contribution is -0.118. The molecule has 0 saturated carbocycles. The molecule has 6 heteroatoms. The lowest BCUT2D eigenvalue weighted by Gasteiger charge is -2.18. The standard InChI is InChI=1S/C25H25FN2O3/c1-4-25(31)28(3)22-11-9-18(13-21(22)26)19-8-10-20(24(30)14-19)23(29)12-7-17-6-5-16(2)27-15-17/h5-6,8-11,13-15,30H,4,7,12H2,1-3H3. The van der Waals surface area contributed by atoms with Crippen LogP contribution in [-0.2, 0) is 11.2 Å². The number of carbonyl (C=O) groups is 2. The van der Waals surface area contributed by atoms with E-state index in [4.69, 9.17) is 0 Å². The van der Waals surface area contributed by atoms with Gasteiger partial charge in [0.2, 0.25) is 5.91 Å². The van der Waals surface area contributed by atoms with Crippen LogP contribution in [0.1, 0.15) is 41.4 Å². The van der Waals surface area contributed by atoms with E-state index in [0.29, 0.717) is 17.5 Å². The Morgan fingerprint density at radius 1 is 1.06 bits per heavy atom. The minimum absolute atomic E-state index is 0.146. The number of hydrogen-bond acceptors (Lipinski definition) is 4. The van der Waals surface area contributed by atoms with E-state index in [1.165, 1.54) is 30.1 Å². The van der Waals surface area contributed by atoms with Crippen LogP contribution in [0.3, 0.4) is 0 Å². The number of phenolic OH excluding ortho intramolecular Hbond substituents is 1. The van der Waals surface area contributed by atoms with Gasteiger partial charge >= 0.3 is 0 Å². The van der Waals surface area contributed by atoms with Crippen molar-refractivity contribution in [3.63, 3.8) is 0 Å². The second-order valence-electron chi connectivity index (χ2n) is 7.44. The second kappa shape index (κ2) is 9.51. The summed E-state index contributed by atoms with van der Waals surface area (Å²) < 4.78 is 14.6. The van der Waals surface area contributed by atoms with Crippen LogP contribution in [0, 0.1) is 12.7 Å². The van der Waals surface area contributed by atoms with E-state index in [1.807, 2.05) is 19.1 Å². The Labute approximate surface area is 181 Å². The van der Waals surface area contributed by atoms with Crippen LogP contribution in [0.4, 0.5) is 10.1 Å². The molecule has 1 amide bonds. The number of pyridine rings is 1. The molecular weight excluding hydrogens is 395 g/mol. The highest BCUT2D eigenvalue weighted by Gasteiger charge is 2.16. The normalized spacial score (nSPS) is 10.7. The quantitative estimate of drug-likeness (QED) is 0.541. The number of hydrogen-bond donors (Lipinski definition) is 1. The van der Waals surface area contributed by atoms with Crippen LogP contribution in [0.25, 0.3) is 11.1 Å². The lowest BCUT2D eigenvalue weighted by atomic mass is 9.98. The summed E-state index contributed by atoms with van der Waals surface area (Å²) in [7, 11) is 1.53. The maximum atomic E-state index is 14.6. The van der Waals surface area contributed by atoms with Gasteiger partial charge in [0.15, 0.2) is 5.78 Å². The fourth-order valence-electron chi connectivity index (χ4n) is 3.32. The van der Waals surface area contributed by atoms with Gasteiger partial charge in [0.25, 0.3) is 0 Å². The molecule has 160 valence electrons. The van der Waals surface area contributed by atoms with Gasteiger partial charge in [0.05, 0.1) is 11.3 Å². The SMILES string of the molecule is CCC(=O)N(C)c1ccc(-c2ccc(C(=O)CCc3ccc(C)nc3)c(O)c2)cc1F. The summed E-state index contributed by atoms with van der Waals surface area (Å²) in [5.41, 5.74) is 3.41. The van der Waals surface area contributed by atoms with Crippen molar-refractivity contribution in [1.82, 2.24) is 4.98 Å². The third kappa shape index (κ3) is 5.15. The Morgan fingerprint density at radius 2 is 1.77 bits per heavy atom. The Bertz CT molecular complexity index is 1110. The number of aromatic nitrogens is 1. The van der Waals surface area contributed by atoms with Crippen molar-refractivity contribution in [3.8, 4) is 16.9 Å². The highest BCUT2D eigenvalue weighted by Crippen LogP contribution is 2.30. The maximum Gasteiger partial charge on any atom is 0.226 e. The van der Waals surface area contributed by atoms with E-state index < -0.39 is 5.82 Å². The van der Waals surface area contributed by atoms with Gasteiger partial charge in [-0.25, -0.2) is 4.39 Å².